The van der Waals surface area contributed by atoms with Crippen LogP contribution < -0.4 is 10.6 Å². The second kappa shape index (κ2) is 7.26. The first kappa shape index (κ1) is 17.0. The molecule has 0 aliphatic heterocycles. The van der Waals surface area contributed by atoms with Crippen molar-refractivity contribution >= 4 is 34.8 Å². The Morgan fingerprint density at radius 2 is 1.91 bits per heavy atom. The second-order valence-corrected chi connectivity index (χ2v) is 5.73. The van der Waals surface area contributed by atoms with Gasteiger partial charge in [-0.3, -0.25) is 14.3 Å². The van der Waals surface area contributed by atoms with Gasteiger partial charge in [0.05, 0.1) is 11.6 Å². The molecule has 0 aliphatic rings. The molecule has 0 unspecified atom stereocenters. The average Bonchev–Trinajstić information content (AvgIpc) is 2.77. The average molecular weight is 336 g/mol. The number of rotatable bonds is 5. The van der Waals surface area contributed by atoms with Crippen molar-refractivity contribution in [2.24, 2.45) is 7.05 Å². The van der Waals surface area contributed by atoms with Crippen LogP contribution >= 0.6 is 11.6 Å². The van der Waals surface area contributed by atoms with Gasteiger partial charge in [-0.15, -0.1) is 0 Å². The summed E-state index contributed by atoms with van der Waals surface area (Å²) in [5, 5.41) is 9.76. The van der Waals surface area contributed by atoms with Crippen LogP contribution in [0.3, 0.4) is 0 Å². The van der Waals surface area contributed by atoms with Gasteiger partial charge >= 0.3 is 0 Å². The topological polar surface area (TPSA) is 79.3 Å². The maximum atomic E-state index is 12.2. The Balaban J connectivity index is 2.06. The molecule has 1 aromatic heterocycles. The third-order valence-electron chi connectivity index (χ3n) is 2.86. The molecule has 0 saturated heterocycles. The molecule has 7 nitrogen and oxygen atoms in total. The molecule has 2 rings (SSSR count). The number of amides is 2. The number of hydrogen-bond acceptors (Lipinski definition) is 4. The van der Waals surface area contributed by atoms with Crippen molar-refractivity contribution in [2.75, 3.05) is 31.3 Å². The van der Waals surface area contributed by atoms with Crippen molar-refractivity contribution < 1.29 is 9.59 Å². The van der Waals surface area contributed by atoms with Crippen LogP contribution in [0.25, 0.3) is 0 Å². The number of aryl methyl sites for hydroxylation is 1. The number of nitrogens with zero attached hydrogens (tertiary/aromatic N) is 3. The summed E-state index contributed by atoms with van der Waals surface area (Å²) in [7, 11) is 5.31. The van der Waals surface area contributed by atoms with Crippen LogP contribution in [0.1, 0.15) is 10.5 Å². The number of nitrogens with one attached hydrogen (secondary N) is 2. The fraction of sp³-hybridized carbons (Fsp3) is 0.267. The minimum Gasteiger partial charge on any atom is -0.325 e. The van der Waals surface area contributed by atoms with E-state index in [9.17, 15) is 9.59 Å². The zero-order valence-electron chi connectivity index (χ0n) is 13.1. The number of carbonyl (C=O) groups excluding carboxylic acids is 2. The van der Waals surface area contributed by atoms with Gasteiger partial charge in [-0.05, 0) is 32.3 Å². The summed E-state index contributed by atoms with van der Waals surface area (Å²) in [5.41, 5.74) is 1.29. The van der Waals surface area contributed by atoms with Crippen LogP contribution in [0.5, 0.6) is 0 Å². The summed E-state index contributed by atoms with van der Waals surface area (Å²) in [4.78, 5) is 25.7. The third-order valence-corrected chi connectivity index (χ3v) is 3.14. The van der Waals surface area contributed by atoms with Gasteiger partial charge in [-0.1, -0.05) is 17.7 Å². The predicted molar refractivity (Wildman–Crippen MR) is 89.8 cm³/mol. The van der Waals surface area contributed by atoms with Crippen molar-refractivity contribution in [3.8, 4) is 0 Å². The Morgan fingerprint density at radius 1 is 1.26 bits per heavy atom. The smallest absolute Gasteiger partial charge is 0.277 e. The summed E-state index contributed by atoms with van der Waals surface area (Å²) >= 11 is 5.95. The fourth-order valence-corrected chi connectivity index (χ4v) is 2.23. The van der Waals surface area contributed by atoms with Gasteiger partial charge in [0.15, 0.2) is 5.69 Å². The lowest BCUT2D eigenvalue weighted by Crippen LogP contribution is -2.27. The summed E-state index contributed by atoms with van der Waals surface area (Å²) in [5.74, 6) is -0.543. The first-order chi connectivity index (χ1) is 10.8. The Hall–Kier alpha value is -2.38. The zero-order chi connectivity index (χ0) is 17.0. The molecule has 0 spiro atoms. The maximum absolute atomic E-state index is 12.2. The van der Waals surface area contributed by atoms with Gasteiger partial charge in [-0.25, -0.2) is 0 Å². The largest absolute Gasteiger partial charge is 0.325 e. The van der Waals surface area contributed by atoms with E-state index < -0.39 is 5.91 Å². The maximum Gasteiger partial charge on any atom is 0.277 e. The highest BCUT2D eigenvalue weighted by molar-refractivity contribution is 6.34. The number of halogens is 1. The lowest BCUT2D eigenvalue weighted by molar-refractivity contribution is -0.116. The van der Waals surface area contributed by atoms with E-state index in [0.29, 0.717) is 11.4 Å². The highest BCUT2D eigenvalue weighted by atomic mass is 35.5. The molecule has 8 heteroatoms. The molecule has 2 aromatic rings. The Kier molecular flexibility index (Phi) is 5.36. The Morgan fingerprint density at radius 3 is 2.48 bits per heavy atom. The molecule has 0 fully saturated rings. The molecule has 0 bridgehead atoms. The van der Waals surface area contributed by atoms with Crippen LogP contribution in [0.2, 0.25) is 5.02 Å². The van der Waals surface area contributed by atoms with Crippen molar-refractivity contribution in [1.82, 2.24) is 14.7 Å². The number of hydrogen-bond donors (Lipinski definition) is 2. The van der Waals surface area contributed by atoms with E-state index in [0.717, 1.165) is 0 Å². The first-order valence-electron chi connectivity index (χ1n) is 6.90. The monoisotopic (exact) mass is 335 g/mol. The van der Waals surface area contributed by atoms with E-state index in [1.165, 1.54) is 4.68 Å². The van der Waals surface area contributed by atoms with E-state index in [-0.39, 0.29) is 23.2 Å². The summed E-state index contributed by atoms with van der Waals surface area (Å²) in [6, 6.07) is 6.87. The summed E-state index contributed by atoms with van der Waals surface area (Å²) in [6.07, 6.45) is 1.55. The molecule has 0 saturated carbocycles. The molecule has 0 aliphatic carbocycles. The molecule has 23 heavy (non-hydrogen) atoms. The normalized spacial score (nSPS) is 10.7. The molecule has 2 N–H and O–H groups in total. The highest BCUT2D eigenvalue weighted by Gasteiger charge is 2.15. The van der Waals surface area contributed by atoms with E-state index in [1.807, 2.05) is 14.1 Å². The second-order valence-electron chi connectivity index (χ2n) is 5.32. The van der Waals surface area contributed by atoms with Gasteiger partial charge in [0.1, 0.15) is 0 Å². The first-order valence-corrected chi connectivity index (χ1v) is 7.28. The van der Waals surface area contributed by atoms with Gasteiger partial charge in [-0.2, -0.15) is 5.10 Å². The highest BCUT2D eigenvalue weighted by Crippen LogP contribution is 2.18. The number of benzene rings is 1. The van der Waals surface area contributed by atoms with Crippen LogP contribution in [-0.4, -0.2) is 47.1 Å². The summed E-state index contributed by atoms with van der Waals surface area (Å²) in [6.45, 7) is 0.278. The van der Waals surface area contributed by atoms with Gasteiger partial charge in [0, 0.05) is 24.6 Å². The Bertz CT molecular complexity index is 726. The number of carbonyl (C=O) groups is 2. The molecule has 122 valence electrons. The van der Waals surface area contributed by atoms with Crippen LogP contribution in [-0.2, 0) is 11.8 Å². The molecule has 0 atom stereocenters. The van der Waals surface area contributed by atoms with Crippen LogP contribution in [0.4, 0.5) is 11.4 Å². The van der Waals surface area contributed by atoms with E-state index >= 15 is 0 Å². The van der Waals surface area contributed by atoms with Crippen molar-refractivity contribution in [2.45, 2.75) is 0 Å². The van der Waals surface area contributed by atoms with Gasteiger partial charge in [0.25, 0.3) is 5.91 Å². The van der Waals surface area contributed by atoms with Gasteiger partial charge < -0.3 is 15.5 Å². The standard InChI is InChI=1S/C15H18ClN5O2/c1-20(2)9-13(22)17-10-5-4-6-11(7-10)18-15(23)14-12(16)8-21(3)19-14/h4-8H,9H2,1-3H3,(H,17,22)(H,18,23). The summed E-state index contributed by atoms with van der Waals surface area (Å²) < 4.78 is 1.47. The number of anilines is 2. The lowest BCUT2D eigenvalue weighted by Gasteiger charge is -2.11. The van der Waals surface area contributed by atoms with Crippen LogP contribution in [0.15, 0.2) is 30.5 Å². The van der Waals surface area contributed by atoms with E-state index in [2.05, 4.69) is 15.7 Å². The van der Waals surface area contributed by atoms with Crippen molar-refractivity contribution in [3.63, 3.8) is 0 Å². The number of likely N-dealkylation sites (N-methyl/N-ethyl adjacent to an activating group) is 1. The van der Waals surface area contributed by atoms with Gasteiger partial charge in [0.2, 0.25) is 5.91 Å². The quantitative estimate of drug-likeness (QED) is 0.873. The third kappa shape index (κ3) is 4.80. The molecular formula is C15H18ClN5O2. The van der Waals surface area contributed by atoms with Crippen molar-refractivity contribution in [3.05, 3.63) is 41.2 Å². The molecule has 2 amide bonds. The Labute approximate surface area is 139 Å². The number of aromatic nitrogens is 2. The zero-order valence-corrected chi connectivity index (χ0v) is 13.9. The molecule has 0 radical (unpaired) electrons. The van der Waals surface area contributed by atoms with E-state index in [4.69, 9.17) is 11.6 Å². The predicted octanol–water partition coefficient (Wildman–Crippen LogP) is 1.83. The fourth-order valence-electron chi connectivity index (χ4n) is 1.97. The minimum atomic E-state index is -0.410. The molecule has 1 heterocycles. The van der Waals surface area contributed by atoms with E-state index in [1.54, 1.807) is 42.4 Å². The molecular weight excluding hydrogens is 318 g/mol. The molecule has 1 aromatic carbocycles. The van der Waals surface area contributed by atoms with Crippen molar-refractivity contribution in [1.29, 1.82) is 0 Å². The minimum absolute atomic E-state index is 0.133. The SMILES string of the molecule is CN(C)CC(=O)Nc1cccc(NC(=O)c2nn(C)cc2Cl)c1. The lowest BCUT2D eigenvalue weighted by atomic mass is 10.2. The van der Waals surface area contributed by atoms with Crippen LogP contribution in [0, 0.1) is 0 Å².